The summed E-state index contributed by atoms with van der Waals surface area (Å²) in [5, 5.41) is 8.42. The van der Waals surface area contributed by atoms with E-state index in [0.29, 0.717) is 0 Å². The molecule has 3 rings (SSSR count). The molecular weight excluding hydrogens is 274 g/mol. The number of rotatable bonds is 3. The Balaban J connectivity index is 1.94. The molecule has 0 radical (unpaired) electrons. The first-order valence-corrected chi connectivity index (χ1v) is 7.91. The van der Waals surface area contributed by atoms with Gasteiger partial charge in [0, 0.05) is 36.2 Å². The lowest BCUT2D eigenvalue weighted by Gasteiger charge is -2.20. The summed E-state index contributed by atoms with van der Waals surface area (Å²) in [5.41, 5.74) is 5.34. The maximum Gasteiger partial charge on any atom is 0.118 e. The average molecular weight is 299 g/mol. The third-order valence-electron chi connectivity index (χ3n) is 4.21. The maximum absolute atomic E-state index is 5.23. The topological polar surface area (TPSA) is 39.1 Å². The predicted molar refractivity (Wildman–Crippen MR) is 88.4 cm³/mol. The van der Waals surface area contributed by atoms with E-state index >= 15 is 0 Å². The number of methoxy groups -OCH3 is 1. The zero-order valence-electron chi connectivity index (χ0n) is 13.9. The zero-order chi connectivity index (χ0) is 15.7. The monoisotopic (exact) mass is 299 g/mol. The molecule has 1 aromatic heterocycles. The third-order valence-corrected chi connectivity index (χ3v) is 4.21. The standard InChI is InChI=1S/C18H25N3O/c1-18(2,3)17-15-11-19-10-9-16(15)21(20-17)12-13-5-7-14(22-4)8-6-13/h5-8,19H,9-12H2,1-4H3. The predicted octanol–water partition coefficient (Wildman–Crippen LogP) is 2.88. The molecule has 0 amide bonds. The molecule has 2 heterocycles. The van der Waals surface area contributed by atoms with Crippen molar-refractivity contribution in [3.63, 3.8) is 0 Å². The molecule has 0 saturated carbocycles. The Bertz CT molecular complexity index is 650. The van der Waals surface area contributed by atoms with E-state index in [2.05, 4.69) is 42.9 Å². The SMILES string of the molecule is COc1ccc(Cn2nc(C(C)(C)C)c3c2CCNC3)cc1. The fourth-order valence-corrected chi connectivity index (χ4v) is 3.06. The van der Waals surface area contributed by atoms with E-state index in [-0.39, 0.29) is 5.41 Å². The van der Waals surface area contributed by atoms with Crippen molar-refractivity contribution in [2.24, 2.45) is 0 Å². The molecule has 0 atom stereocenters. The van der Waals surface area contributed by atoms with Crippen LogP contribution in [0.1, 0.15) is 43.3 Å². The van der Waals surface area contributed by atoms with E-state index < -0.39 is 0 Å². The van der Waals surface area contributed by atoms with Crippen LogP contribution in [0.5, 0.6) is 5.75 Å². The van der Waals surface area contributed by atoms with Crippen molar-refractivity contribution in [2.75, 3.05) is 13.7 Å². The molecular formula is C18H25N3O. The molecule has 1 aromatic carbocycles. The van der Waals surface area contributed by atoms with Crippen LogP contribution in [0, 0.1) is 0 Å². The number of benzene rings is 1. The lowest BCUT2D eigenvalue weighted by molar-refractivity contribution is 0.414. The highest BCUT2D eigenvalue weighted by atomic mass is 16.5. The second-order valence-electron chi connectivity index (χ2n) is 6.96. The molecule has 0 unspecified atom stereocenters. The maximum atomic E-state index is 5.23. The Labute approximate surface area is 132 Å². The Morgan fingerprint density at radius 1 is 1.23 bits per heavy atom. The van der Waals surface area contributed by atoms with Crippen LogP contribution in [0.3, 0.4) is 0 Å². The van der Waals surface area contributed by atoms with Crippen LogP contribution in [-0.2, 0) is 24.9 Å². The van der Waals surface area contributed by atoms with Crippen molar-refractivity contribution in [2.45, 2.75) is 45.7 Å². The Morgan fingerprint density at radius 3 is 2.59 bits per heavy atom. The van der Waals surface area contributed by atoms with Crippen molar-refractivity contribution >= 4 is 0 Å². The van der Waals surface area contributed by atoms with Crippen molar-refractivity contribution in [1.82, 2.24) is 15.1 Å². The van der Waals surface area contributed by atoms with Crippen LogP contribution >= 0.6 is 0 Å². The first kappa shape index (κ1) is 15.1. The molecule has 4 nitrogen and oxygen atoms in total. The summed E-state index contributed by atoms with van der Waals surface area (Å²) in [6, 6.07) is 8.25. The number of hydrogen-bond donors (Lipinski definition) is 1. The minimum atomic E-state index is 0.0776. The molecule has 1 aliphatic rings. The van der Waals surface area contributed by atoms with E-state index in [1.54, 1.807) is 7.11 Å². The number of fused-ring (bicyclic) bond motifs is 1. The summed E-state index contributed by atoms with van der Waals surface area (Å²) in [7, 11) is 1.70. The van der Waals surface area contributed by atoms with Gasteiger partial charge in [0.2, 0.25) is 0 Å². The van der Waals surface area contributed by atoms with Crippen LogP contribution in [0.25, 0.3) is 0 Å². The number of nitrogens with one attached hydrogen (secondary N) is 1. The number of hydrogen-bond acceptors (Lipinski definition) is 3. The summed E-state index contributed by atoms with van der Waals surface area (Å²) < 4.78 is 7.42. The van der Waals surface area contributed by atoms with Gasteiger partial charge in [0.25, 0.3) is 0 Å². The second-order valence-corrected chi connectivity index (χ2v) is 6.96. The summed E-state index contributed by atoms with van der Waals surface area (Å²) in [4.78, 5) is 0. The average Bonchev–Trinajstić information content (AvgIpc) is 2.87. The number of ether oxygens (including phenoxy) is 1. The Morgan fingerprint density at radius 2 is 1.95 bits per heavy atom. The van der Waals surface area contributed by atoms with Gasteiger partial charge in [-0.15, -0.1) is 0 Å². The zero-order valence-corrected chi connectivity index (χ0v) is 13.9. The molecule has 0 bridgehead atoms. The minimum Gasteiger partial charge on any atom is -0.497 e. The lowest BCUT2D eigenvalue weighted by Crippen LogP contribution is -2.26. The highest BCUT2D eigenvalue weighted by Crippen LogP contribution is 2.29. The van der Waals surface area contributed by atoms with Gasteiger partial charge in [0.05, 0.1) is 19.3 Å². The van der Waals surface area contributed by atoms with Gasteiger partial charge in [0.1, 0.15) is 5.75 Å². The highest BCUT2D eigenvalue weighted by Gasteiger charge is 2.27. The van der Waals surface area contributed by atoms with Crippen molar-refractivity contribution in [3.8, 4) is 5.75 Å². The van der Waals surface area contributed by atoms with E-state index in [1.165, 1.54) is 22.5 Å². The van der Waals surface area contributed by atoms with E-state index in [9.17, 15) is 0 Å². The van der Waals surface area contributed by atoms with Gasteiger partial charge in [-0.1, -0.05) is 32.9 Å². The van der Waals surface area contributed by atoms with Crippen LogP contribution in [0.2, 0.25) is 0 Å². The van der Waals surface area contributed by atoms with Crippen molar-refractivity contribution < 1.29 is 4.74 Å². The Kier molecular flexibility index (Phi) is 3.96. The largest absolute Gasteiger partial charge is 0.497 e. The first-order chi connectivity index (χ1) is 10.5. The van der Waals surface area contributed by atoms with Gasteiger partial charge in [0.15, 0.2) is 0 Å². The smallest absolute Gasteiger partial charge is 0.118 e. The highest BCUT2D eigenvalue weighted by molar-refractivity contribution is 5.34. The third kappa shape index (κ3) is 2.88. The molecule has 118 valence electrons. The minimum absolute atomic E-state index is 0.0776. The second kappa shape index (κ2) is 5.76. The number of nitrogens with zero attached hydrogens (tertiary/aromatic N) is 2. The van der Waals surface area contributed by atoms with E-state index in [1.807, 2.05) is 12.1 Å². The van der Waals surface area contributed by atoms with Crippen molar-refractivity contribution in [3.05, 3.63) is 46.8 Å². The van der Waals surface area contributed by atoms with Gasteiger partial charge in [-0.3, -0.25) is 4.68 Å². The van der Waals surface area contributed by atoms with Gasteiger partial charge < -0.3 is 10.1 Å². The molecule has 1 aliphatic heterocycles. The van der Waals surface area contributed by atoms with Crippen molar-refractivity contribution in [1.29, 1.82) is 0 Å². The fraction of sp³-hybridized carbons (Fsp3) is 0.500. The molecule has 22 heavy (non-hydrogen) atoms. The summed E-state index contributed by atoms with van der Waals surface area (Å²) in [6.07, 6.45) is 1.05. The lowest BCUT2D eigenvalue weighted by atomic mass is 9.88. The van der Waals surface area contributed by atoms with E-state index in [4.69, 9.17) is 9.84 Å². The fourth-order valence-electron chi connectivity index (χ4n) is 3.06. The summed E-state index contributed by atoms with van der Waals surface area (Å²) >= 11 is 0. The molecule has 2 aromatic rings. The molecule has 4 heteroatoms. The van der Waals surface area contributed by atoms with Gasteiger partial charge >= 0.3 is 0 Å². The summed E-state index contributed by atoms with van der Waals surface area (Å²) in [6.45, 7) is 9.50. The van der Waals surface area contributed by atoms with Gasteiger partial charge in [-0.05, 0) is 17.7 Å². The molecule has 0 spiro atoms. The van der Waals surface area contributed by atoms with Crippen LogP contribution < -0.4 is 10.1 Å². The van der Waals surface area contributed by atoms with E-state index in [0.717, 1.165) is 31.8 Å². The number of aromatic nitrogens is 2. The normalized spacial score (nSPS) is 14.7. The molecule has 0 aliphatic carbocycles. The Hall–Kier alpha value is -1.81. The molecule has 1 N–H and O–H groups in total. The van der Waals surface area contributed by atoms with Crippen LogP contribution in [-0.4, -0.2) is 23.4 Å². The van der Waals surface area contributed by atoms with Gasteiger partial charge in [-0.2, -0.15) is 5.10 Å². The quantitative estimate of drug-likeness (QED) is 0.947. The molecule has 0 saturated heterocycles. The first-order valence-electron chi connectivity index (χ1n) is 7.91. The molecule has 0 fully saturated rings. The summed E-state index contributed by atoms with van der Waals surface area (Å²) in [5.74, 6) is 0.894. The van der Waals surface area contributed by atoms with Gasteiger partial charge in [-0.25, -0.2) is 0 Å². The van der Waals surface area contributed by atoms with Crippen LogP contribution in [0.4, 0.5) is 0 Å². The van der Waals surface area contributed by atoms with Crippen LogP contribution in [0.15, 0.2) is 24.3 Å².